The molecule has 13 heavy (non-hydrogen) atoms. The van der Waals surface area contributed by atoms with Crippen LogP contribution in [0.4, 0.5) is 8.78 Å². The number of hydrogen-bond acceptors (Lipinski definition) is 2. The van der Waals surface area contributed by atoms with Crippen LogP contribution in [0.25, 0.3) is 0 Å². The molecular weight excluding hydrogens is 176 g/mol. The summed E-state index contributed by atoms with van der Waals surface area (Å²) in [5.41, 5.74) is 6.01. The molecule has 0 bridgehead atoms. The zero-order valence-electron chi connectivity index (χ0n) is 7.00. The number of hydrogen-bond donors (Lipinski definition) is 2. The van der Waals surface area contributed by atoms with Gasteiger partial charge in [-0.15, -0.1) is 0 Å². The van der Waals surface area contributed by atoms with Crippen molar-refractivity contribution in [3.63, 3.8) is 0 Å². The largest absolute Gasteiger partial charge is 0.395 e. The van der Waals surface area contributed by atoms with Crippen molar-refractivity contribution in [3.8, 4) is 0 Å². The van der Waals surface area contributed by atoms with Crippen molar-refractivity contribution in [3.05, 3.63) is 35.4 Å². The molecule has 3 N–H and O–H groups in total. The number of rotatable bonds is 3. The van der Waals surface area contributed by atoms with Crippen LogP contribution in [-0.4, -0.2) is 17.8 Å². The second-order valence-corrected chi connectivity index (χ2v) is 2.90. The van der Waals surface area contributed by atoms with Gasteiger partial charge in [0, 0.05) is 6.04 Å². The van der Waals surface area contributed by atoms with Crippen LogP contribution in [0.15, 0.2) is 18.2 Å². The maximum atomic E-state index is 12.7. The average molecular weight is 187 g/mol. The SMILES string of the molecule is N[C@H](CO)Cc1ccc(F)c(F)c1. The number of aliphatic hydroxyl groups excluding tert-OH is 1. The van der Waals surface area contributed by atoms with Crippen LogP contribution in [0.5, 0.6) is 0 Å². The molecule has 0 heterocycles. The Kier molecular flexibility index (Phi) is 3.33. The molecule has 0 amide bonds. The first-order valence-electron chi connectivity index (χ1n) is 3.94. The second kappa shape index (κ2) is 4.30. The highest BCUT2D eigenvalue weighted by molar-refractivity contribution is 5.18. The molecule has 1 atom stereocenters. The van der Waals surface area contributed by atoms with Crippen LogP contribution in [0.1, 0.15) is 5.56 Å². The van der Waals surface area contributed by atoms with Gasteiger partial charge in [-0.3, -0.25) is 0 Å². The van der Waals surface area contributed by atoms with E-state index in [1.54, 1.807) is 0 Å². The van der Waals surface area contributed by atoms with Crippen molar-refractivity contribution >= 4 is 0 Å². The fourth-order valence-corrected chi connectivity index (χ4v) is 1.03. The van der Waals surface area contributed by atoms with Gasteiger partial charge in [0.15, 0.2) is 11.6 Å². The lowest BCUT2D eigenvalue weighted by Gasteiger charge is -2.07. The summed E-state index contributed by atoms with van der Waals surface area (Å²) < 4.78 is 25.1. The zero-order valence-corrected chi connectivity index (χ0v) is 7.00. The van der Waals surface area contributed by atoms with E-state index in [-0.39, 0.29) is 6.61 Å². The molecule has 0 unspecified atom stereocenters. The van der Waals surface area contributed by atoms with Crippen molar-refractivity contribution in [1.82, 2.24) is 0 Å². The topological polar surface area (TPSA) is 46.2 Å². The number of nitrogens with two attached hydrogens (primary N) is 1. The molecule has 1 aromatic carbocycles. The third-order valence-electron chi connectivity index (χ3n) is 1.72. The van der Waals surface area contributed by atoms with Crippen LogP contribution in [0.3, 0.4) is 0 Å². The minimum atomic E-state index is -0.886. The highest BCUT2D eigenvalue weighted by Gasteiger charge is 2.05. The Morgan fingerprint density at radius 3 is 2.54 bits per heavy atom. The van der Waals surface area contributed by atoms with Crippen molar-refractivity contribution in [2.24, 2.45) is 5.73 Å². The van der Waals surface area contributed by atoms with E-state index in [1.807, 2.05) is 0 Å². The summed E-state index contributed by atoms with van der Waals surface area (Å²) in [7, 11) is 0. The summed E-state index contributed by atoms with van der Waals surface area (Å²) in [6.07, 6.45) is 0.341. The van der Waals surface area contributed by atoms with Crippen LogP contribution >= 0.6 is 0 Å². The third-order valence-corrected chi connectivity index (χ3v) is 1.72. The number of halogens is 2. The fourth-order valence-electron chi connectivity index (χ4n) is 1.03. The Morgan fingerprint density at radius 1 is 1.31 bits per heavy atom. The van der Waals surface area contributed by atoms with Crippen LogP contribution in [0.2, 0.25) is 0 Å². The maximum absolute atomic E-state index is 12.7. The van der Waals surface area contributed by atoms with E-state index in [4.69, 9.17) is 10.8 Å². The Hall–Kier alpha value is -1.00. The molecule has 0 aliphatic heterocycles. The van der Waals surface area contributed by atoms with E-state index >= 15 is 0 Å². The molecule has 1 aromatic rings. The normalized spacial score (nSPS) is 12.9. The highest BCUT2D eigenvalue weighted by Crippen LogP contribution is 2.09. The van der Waals surface area contributed by atoms with Gasteiger partial charge in [-0.2, -0.15) is 0 Å². The average Bonchev–Trinajstić information content (AvgIpc) is 2.11. The summed E-state index contributed by atoms with van der Waals surface area (Å²) in [6, 6.07) is 3.16. The van der Waals surface area contributed by atoms with Gasteiger partial charge in [0.2, 0.25) is 0 Å². The van der Waals surface area contributed by atoms with Crippen molar-refractivity contribution < 1.29 is 13.9 Å². The minimum Gasteiger partial charge on any atom is -0.395 e. The molecule has 0 fully saturated rings. The van der Waals surface area contributed by atoms with Gasteiger partial charge in [-0.05, 0) is 24.1 Å². The fraction of sp³-hybridized carbons (Fsp3) is 0.333. The Labute approximate surface area is 75.0 Å². The monoisotopic (exact) mass is 187 g/mol. The van der Waals surface area contributed by atoms with Gasteiger partial charge in [-0.25, -0.2) is 8.78 Å². The Morgan fingerprint density at radius 2 is 2.00 bits per heavy atom. The Bertz CT molecular complexity index is 291. The lowest BCUT2D eigenvalue weighted by Crippen LogP contribution is -2.26. The maximum Gasteiger partial charge on any atom is 0.159 e. The lowest BCUT2D eigenvalue weighted by molar-refractivity contribution is 0.265. The molecule has 0 aromatic heterocycles. The molecule has 0 saturated carbocycles. The van der Waals surface area contributed by atoms with Crippen LogP contribution < -0.4 is 5.73 Å². The van der Waals surface area contributed by atoms with Gasteiger partial charge < -0.3 is 10.8 Å². The molecule has 0 aliphatic carbocycles. The van der Waals surface area contributed by atoms with E-state index in [1.165, 1.54) is 6.07 Å². The first-order valence-corrected chi connectivity index (χ1v) is 3.94. The molecule has 1 rings (SSSR count). The summed E-state index contributed by atoms with van der Waals surface area (Å²) >= 11 is 0. The van der Waals surface area contributed by atoms with Crippen molar-refractivity contribution in [1.29, 1.82) is 0 Å². The van der Waals surface area contributed by atoms with E-state index < -0.39 is 17.7 Å². The third kappa shape index (κ3) is 2.75. The molecule has 2 nitrogen and oxygen atoms in total. The molecule has 0 spiro atoms. The number of aliphatic hydroxyl groups is 1. The van der Waals surface area contributed by atoms with Crippen molar-refractivity contribution in [2.45, 2.75) is 12.5 Å². The van der Waals surface area contributed by atoms with Gasteiger partial charge in [0.1, 0.15) is 0 Å². The quantitative estimate of drug-likeness (QED) is 0.736. The van der Waals surface area contributed by atoms with E-state index in [0.717, 1.165) is 12.1 Å². The summed E-state index contributed by atoms with van der Waals surface area (Å²) in [5.74, 6) is -1.76. The predicted octanol–water partition coefficient (Wildman–Crippen LogP) is 0.827. The molecule has 0 saturated heterocycles. The van der Waals surface area contributed by atoms with Crippen LogP contribution in [0, 0.1) is 11.6 Å². The summed E-state index contributed by atoms with van der Waals surface area (Å²) in [5, 5.41) is 8.63. The van der Waals surface area contributed by atoms with E-state index in [0.29, 0.717) is 12.0 Å². The lowest BCUT2D eigenvalue weighted by atomic mass is 10.1. The highest BCUT2D eigenvalue weighted by atomic mass is 19.2. The predicted molar refractivity (Wildman–Crippen MR) is 45.1 cm³/mol. The number of benzene rings is 1. The van der Waals surface area contributed by atoms with Gasteiger partial charge in [-0.1, -0.05) is 6.07 Å². The summed E-state index contributed by atoms with van der Waals surface area (Å²) in [4.78, 5) is 0. The molecule has 0 radical (unpaired) electrons. The minimum absolute atomic E-state index is 0.168. The van der Waals surface area contributed by atoms with E-state index in [9.17, 15) is 8.78 Å². The molecule has 0 aliphatic rings. The van der Waals surface area contributed by atoms with Gasteiger partial charge in [0.05, 0.1) is 6.61 Å². The van der Waals surface area contributed by atoms with Gasteiger partial charge >= 0.3 is 0 Å². The van der Waals surface area contributed by atoms with E-state index in [2.05, 4.69) is 0 Å². The molecular formula is C9H11F2NO. The standard InChI is InChI=1S/C9H11F2NO/c10-8-2-1-6(4-9(8)11)3-7(12)5-13/h1-2,4,7,13H,3,5,12H2/t7-/m0/s1. The first kappa shape index (κ1) is 10.1. The zero-order chi connectivity index (χ0) is 9.84. The smallest absolute Gasteiger partial charge is 0.159 e. The Balaban J connectivity index is 2.73. The van der Waals surface area contributed by atoms with Crippen LogP contribution in [-0.2, 0) is 6.42 Å². The molecule has 4 heteroatoms. The first-order chi connectivity index (χ1) is 6.13. The summed E-state index contributed by atoms with van der Waals surface area (Å²) in [6.45, 7) is -0.168. The molecule has 72 valence electrons. The van der Waals surface area contributed by atoms with Crippen molar-refractivity contribution in [2.75, 3.05) is 6.61 Å². The second-order valence-electron chi connectivity index (χ2n) is 2.90. The van der Waals surface area contributed by atoms with Gasteiger partial charge in [0.25, 0.3) is 0 Å².